The molecule has 1 unspecified atom stereocenters. The number of benzene rings is 1. The van der Waals surface area contributed by atoms with Crippen LogP contribution in [-0.4, -0.2) is 37.8 Å². The van der Waals surface area contributed by atoms with Gasteiger partial charge < -0.3 is 11.1 Å². The van der Waals surface area contributed by atoms with Crippen LogP contribution in [0.1, 0.15) is 19.8 Å². The second-order valence-corrected chi connectivity index (χ2v) is 7.91. The van der Waals surface area contributed by atoms with Crippen molar-refractivity contribution in [2.24, 2.45) is 0 Å². The largest absolute Gasteiger partial charge is 0.398 e. The number of halogens is 1. The van der Waals surface area contributed by atoms with E-state index in [0.717, 1.165) is 6.42 Å². The van der Waals surface area contributed by atoms with Crippen LogP contribution in [0, 0.1) is 0 Å². The zero-order valence-corrected chi connectivity index (χ0v) is 14.1. The molecule has 1 heterocycles. The van der Waals surface area contributed by atoms with Crippen molar-refractivity contribution in [1.29, 1.82) is 0 Å². The Kier molecular flexibility index (Phi) is 4.90. The third-order valence-corrected chi connectivity index (χ3v) is 5.80. The van der Waals surface area contributed by atoms with E-state index in [-0.39, 0.29) is 29.1 Å². The molecule has 0 saturated carbocycles. The average molecular weight is 376 g/mol. The van der Waals surface area contributed by atoms with E-state index in [1.54, 1.807) is 12.1 Å². The molecule has 1 atom stereocenters. The van der Waals surface area contributed by atoms with Crippen LogP contribution in [-0.2, 0) is 14.8 Å². The summed E-state index contributed by atoms with van der Waals surface area (Å²) in [6.07, 6.45) is 1.48. The molecule has 0 radical (unpaired) electrons. The smallest absolute Gasteiger partial charge is 0.245 e. The fourth-order valence-electron chi connectivity index (χ4n) is 2.44. The SMILES string of the molecule is CC(=O)NC1CCCN(S(=O)(=O)c2cc(Br)ccc2N)C1. The van der Waals surface area contributed by atoms with Crippen molar-refractivity contribution in [3.8, 4) is 0 Å². The summed E-state index contributed by atoms with van der Waals surface area (Å²) >= 11 is 3.26. The number of hydrogen-bond donors (Lipinski definition) is 2. The van der Waals surface area contributed by atoms with Crippen molar-refractivity contribution in [2.75, 3.05) is 18.8 Å². The summed E-state index contributed by atoms with van der Waals surface area (Å²) in [5, 5.41) is 2.78. The zero-order chi connectivity index (χ0) is 15.6. The van der Waals surface area contributed by atoms with Gasteiger partial charge in [-0.15, -0.1) is 0 Å². The maximum absolute atomic E-state index is 12.7. The van der Waals surface area contributed by atoms with Gasteiger partial charge in [0.15, 0.2) is 0 Å². The van der Waals surface area contributed by atoms with Gasteiger partial charge >= 0.3 is 0 Å². The normalized spacial score (nSPS) is 20.2. The molecular formula is C13H18BrN3O3S. The van der Waals surface area contributed by atoms with Crippen LogP contribution >= 0.6 is 15.9 Å². The first-order valence-corrected chi connectivity index (χ1v) is 8.86. The number of piperidine rings is 1. The monoisotopic (exact) mass is 375 g/mol. The Labute approximate surface area is 132 Å². The number of amides is 1. The third kappa shape index (κ3) is 3.75. The van der Waals surface area contributed by atoms with E-state index in [0.29, 0.717) is 17.4 Å². The molecule has 1 aliphatic heterocycles. The van der Waals surface area contributed by atoms with E-state index in [2.05, 4.69) is 21.2 Å². The molecule has 116 valence electrons. The molecule has 1 saturated heterocycles. The number of rotatable bonds is 3. The number of hydrogen-bond acceptors (Lipinski definition) is 4. The van der Waals surface area contributed by atoms with E-state index in [9.17, 15) is 13.2 Å². The summed E-state index contributed by atoms with van der Waals surface area (Å²) in [7, 11) is -3.66. The van der Waals surface area contributed by atoms with E-state index < -0.39 is 10.0 Å². The predicted octanol–water partition coefficient (Wildman–Crippen LogP) is 1.32. The van der Waals surface area contributed by atoms with Gasteiger partial charge in [0.05, 0.1) is 5.69 Å². The number of carbonyl (C=O) groups is 1. The molecule has 2 rings (SSSR count). The number of nitrogen functional groups attached to an aromatic ring is 1. The highest BCUT2D eigenvalue weighted by atomic mass is 79.9. The first kappa shape index (κ1) is 16.3. The highest BCUT2D eigenvalue weighted by Crippen LogP contribution is 2.27. The second-order valence-electron chi connectivity index (χ2n) is 5.08. The number of sulfonamides is 1. The van der Waals surface area contributed by atoms with Crippen molar-refractivity contribution in [3.63, 3.8) is 0 Å². The Morgan fingerprint density at radius 2 is 2.19 bits per heavy atom. The molecule has 1 aliphatic rings. The van der Waals surface area contributed by atoms with Crippen LogP contribution in [0.3, 0.4) is 0 Å². The Morgan fingerprint density at radius 3 is 2.86 bits per heavy atom. The fraction of sp³-hybridized carbons (Fsp3) is 0.462. The molecule has 1 fully saturated rings. The van der Waals surface area contributed by atoms with E-state index in [1.807, 2.05) is 0 Å². The van der Waals surface area contributed by atoms with Crippen molar-refractivity contribution in [2.45, 2.75) is 30.7 Å². The van der Waals surface area contributed by atoms with Gasteiger partial charge in [-0.2, -0.15) is 4.31 Å². The van der Waals surface area contributed by atoms with Crippen molar-refractivity contribution >= 4 is 37.5 Å². The second kappa shape index (κ2) is 6.33. The molecule has 21 heavy (non-hydrogen) atoms. The summed E-state index contributed by atoms with van der Waals surface area (Å²) < 4.78 is 27.5. The van der Waals surface area contributed by atoms with E-state index in [4.69, 9.17) is 5.73 Å². The summed E-state index contributed by atoms with van der Waals surface area (Å²) in [5.74, 6) is -0.152. The molecule has 1 aromatic rings. The highest BCUT2D eigenvalue weighted by Gasteiger charge is 2.31. The lowest BCUT2D eigenvalue weighted by molar-refractivity contribution is -0.119. The van der Waals surface area contributed by atoms with Gasteiger partial charge in [0.25, 0.3) is 0 Å². The summed E-state index contributed by atoms with van der Waals surface area (Å²) in [6.45, 7) is 2.14. The number of anilines is 1. The Bertz CT molecular complexity index is 648. The zero-order valence-electron chi connectivity index (χ0n) is 11.7. The van der Waals surface area contributed by atoms with Crippen LogP contribution in [0.15, 0.2) is 27.6 Å². The minimum absolute atomic E-state index is 0.0975. The lowest BCUT2D eigenvalue weighted by Gasteiger charge is -2.32. The van der Waals surface area contributed by atoms with Crippen LogP contribution in [0.2, 0.25) is 0 Å². The van der Waals surface area contributed by atoms with Crippen molar-refractivity contribution < 1.29 is 13.2 Å². The lowest BCUT2D eigenvalue weighted by atomic mass is 10.1. The van der Waals surface area contributed by atoms with Gasteiger partial charge in [0.1, 0.15) is 4.90 Å². The predicted molar refractivity (Wildman–Crippen MR) is 84.2 cm³/mol. The third-order valence-electron chi connectivity index (χ3n) is 3.38. The maximum atomic E-state index is 12.7. The molecule has 0 aromatic heterocycles. The minimum Gasteiger partial charge on any atom is -0.398 e. The van der Waals surface area contributed by atoms with Gasteiger partial charge in [0, 0.05) is 30.5 Å². The number of carbonyl (C=O) groups excluding carboxylic acids is 1. The highest BCUT2D eigenvalue weighted by molar-refractivity contribution is 9.10. The fourth-order valence-corrected chi connectivity index (χ4v) is 4.61. The molecule has 6 nitrogen and oxygen atoms in total. The summed E-state index contributed by atoms with van der Waals surface area (Å²) in [6, 6.07) is 4.61. The van der Waals surface area contributed by atoms with Crippen molar-refractivity contribution in [3.05, 3.63) is 22.7 Å². The first-order valence-electron chi connectivity index (χ1n) is 6.63. The van der Waals surface area contributed by atoms with Gasteiger partial charge in [0.2, 0.25) is 15.9 Å². The van der Waals surface area contributed by atoms with Crippen LogP contribution in [0.5, 0.6) is 0 Å². The molecule has 0 bridgehead atoms. The lowest BCUT2D eigenvalue weighted by Crippen LogP contribution is -2.49. The molecule has 1 amide bonds. The Hall–Kier alpha value is -1.12. The van der Waals surface area contributed by atoms with Crippen LogP contribution in [0.4, 0.5) is 5.69 Å². The molecule has 8 heteroatoms. The molecule has 3 N–H and O–H groups in total. The maximum Gasteiger partial charge on any atom is 0.245 e. The van der Waals surface area contributed by atoms with Gasteiger partial charge in [-0.05, 0) is 31.0 Å². The standard InChI is InChI=1S/C13H18BrN3O3S/c1-9(18)16-11-3-2-6-17(8-11)21(19,20)13-7-10(14)4-5-12(13)15/h4-5,7,11H,2-3,6,8,15H2,1H3,(H,16,18). The first-order chi connectivity index (χ1) is 9.80. The molecule has 0 aliphatic carbocycles. The number of nitrogens with two attached hydrogens (primary N) is 1. The van der Waals surface area contributed by atoms with E-state index in [1.165, 1.54) is 17.3 Å². The Morgan fingerprint density at radius 1 is 1.48 bits per heavy atom. The molecular weight excluding hydrogens is 358 g/mol. The number of nitrogens with zero attached hydrogens (tertiary/aromatic N) is 1. The minimum atomic E-state index is -3.66. The van der Waals surface area contributed by atoms with Gasteiger partial charge in [-0.1, -0.05) is 15.9 Å². The van der Waals surface area contributed by atoms with Crippen LogP contribution < -0.4 is 11.1 Å². The molecule has 1 aromatic carbocycles. The van der Waals surface area contributed by atoms with Gasteiger partial charge in [-0.3, -0.25) is 4.79 Å². The van der Waals surface area contributed by atoms with Crippen molar-refractivity contribution in [1.82, 2.24) is 9.62 Å². The Balaban J connectivity index is 2.26. The summed E-state index contributed by atoms with van der Waals surface area (Å²) in [5.41, 5.74) is 6.02. The number of nitrogens with one attached hydrogen (secondary N) is 1. The average Bonchev–Trinajstić information content (AvgIpc) is 2.41. The topological polar surface area (TPSA) is 92.5 Å². The summed E-state index contributed by atoms with van der Waals surface area (Å²) in [4.78, 5) is 11.2. The van der Waals surface area contributed by atoms with E-state index >= 15 is 0 Å². The van der Waals surface area contributed by atoms with Gasteiger partial charge in [-0.25, -0.2) is 8.42 Å². The van der Waals surface area contributed by atoms with Crippen LogP contribution in [0.25, 0.3) is 0 Å². The quantitative estimate of drug-likeness (QED) is 0.779. The molecule has 0 spiro atoms.